The van der Waals surface area contributed by atoms with Crippen LogP contribution in [0.4, 0.5) is 0 Å². The Morgan fingerprint density at radius 3 is 2.83 bits per heavy atom. The van der Waals surface area contributed by atoms with E-state index < -0.39 is 12.2 Å². The number of hydrogen-bond donors (Lipinski definition) is 2. The minimum Gasteiger partial charge on any atom is -0.393 e. The van der Waals surface area contributed by atoms with Crippen molar-refractivity contribution in [2.75, 3.05) is 14.1 Å². The molecule has 0 spiro atoms. The maximum Gasteiger partial charge on any atom is 0.222 e. The van der Waals surface area contributed by atoms with E-state index in [1.807, 2.05) is 6.92 Å². The summed E-state index contributed by atoms with van der Waals surface area (Å²) in [5.74, 6) is 6.58. The molecule has 134 valence electrons. The first-order valence-corrected chi connectivity index (χ1v) is 9.18. The molecule has 0 aromatic heterocycles. The molecular formula is C20H31NO3. The lowest BCUT2D eigenvalue weighted by Gasteiger charge is -2.23. The molecule has 4 nitrogen and oxygen atoms in total. The number of aliphatic hydroxyl groups is 2. The van der Waals surface area contributed by atoms with Crippen molar-refractivity contribution in [3.05, 3.63) is 11.6 Å². The minimum atomic E-state index is -0.722. The fourth-order valence-electron chi connectivity index (χ4n) is 4.12. The second kappa shape index (κ2) is 8.69. The van der Waals surface area contributed by atoms with Crippen molar-refractivity contribution < 1.29 is 15.0 Å². The summed E-state index contributed by atoms with van der Waals surface area (Å²) in [5.41, 5.74) is 1.43. The number of carbonyl (C=O) groups is 1. The zero-order valence-electron chi connectivity index (χ0n) is 15.2. The van der Waals surface area contributed by atoms with Crippen molar-refractivity contribution in [1.82, 2.24) is 4.90 Å². The Kier molecular flexibility index (Phi) is 6.89. The molecule has 0 aromatic carbocycles. The van der Waals surface area contributed by atoms with Gasteiger partial charge in [0.05, 0.1) is 6.10 Å². The fourth-order valence-corrected chi connectivity index (χ4v) is 4.12. The van der Waals surface area contributed by atoms with Crippen molar-refractivity contribution in [3.63, 3.8) is 0 Å². The number of fused-ring (bicyclic) bond motifs is 1. The van der Waals surface area contributed by atoms with Gasteiger partial charge in [0.2, 0.25) is 5.91 Å². The average molecular weight is 333 g/mol. The van der Waals surface area contributed by atoms with Crippen molar-refractivity contribution in [1.29, 1.82) is 0 Å². The van der Waals surface area contributed by atoms with Crippen LogP contribution in [0.2, 0.25) is 0 Å². The number of hydrogen-bond acceptors (Lipinski definition) is 3. The Morgan fingerprint density at radius 2 is 2.17 bits per heavy atom. The zero-order chi connectivity index (χ0) is 17.7. The molecule has 1 saturated carbocycles. The van der Waals surface area contributed by atoms with Gasteiger partial charge in [0.1, 0.15) is 6.10 Å². The van der Waals surface area contributed by atoms with Gasteiger partial charge in [-0.15, -0.1) is 5.92 Å². The van der Waals surface area contributed by atoms with E-state index >= 15 is 0 Å². The maximum absolute atomic E-state index is 11.6. The molecule has 1 fully saturated rings. The van der Waals surface area contributed by atoms with E-state index in [-0.39, 0.29) is 11.8 Å². The Morgan fingerprint density at radius 1 is 1.42 bits per heavy atom. The average Bonchev–Trinajstić information content (AvgIpc) is 3.04. The van der Waals surface area contributed by atoms with Gasteiger partial charge in [-0.05, 0) is 43.9 Å². The molecule has 0 saturated heterocycles. The van der Waals surface area contributed by atoms with E-state index in [9.17, 15) is 15.0 Å². The second-order valence-electron chi connectivity index (χ2n) is 7.35. The summed E-state index contributed by atoms with van der Waals surface area (Å²) in [5, 5.41) is 20.6. The van der Waals surface area contributed by atoms with E-state index in [1.165, 1.54) is 5.57 Å². The standard InChI is InChI=1S/C20H31NO3/c1-4-5-9-17(22)20-16-12-14(11-15(16)13-18(20)23)8-6-7-10-19(24)21(2)3/h11,15-18,20,22-23H,4,6-8,10,12-13H2,1-3H3/t15-,16-,17+,18+,20-/m0/s1. The highest BCUT2D eigenvalue weighted by Gasteiger charge is 2.47. The molecule has 0 aliphatic heterocycles. The first-order chi connectivity index (χ1) is 11.4. The predicted octanol–water partition coefficient (Wildman–Crippen LogP) is 2.35. The van der Waals surface area contributed by atoms with Gasteiger partial charge in [-0.3, -0.25) is 4.79 Å². The summed E-state index contributed by atoms with van der Waals surface area (Å²) in [6, 6.07) is 0. The van der Waals surface area contributed by atoms with Crippen LogP contribution in [0.3, 0.4) is 0 Å². The van der Waals surface area contributed by atoms with Crippen molar-refractivity contribution >= 4 is 5.91 Å². The van der Waals surface area contributed by atoms with Gasteiger partial charge in [0.25, 0.3) is 0 Å². The molecule has 2 N–H and O–H groups in total. The normalized spacial score (nSPS) is 29.5. The number of nitrogens with zero attached hydrogens (tertiary/aromatic N) is 1. The van der Waals surface area contributed by atoms with E-state index in [0.29, 0.717) is 18.3 Å². The van der Waals surface area contributed by atoms with Gasteiger partial charge in [-0.25, -0.2) is 0 Å². The molecule has 4 heteroatoms. The highest BCUT2D eigenvalue weighted by atomic mass is 16.3. The van der Waals surface area contributed by atoms with Crippen LogP contribution in [-0.4, -0.2) is 47.3 Å². The lowest BCUT2D eigenvalue weighted by molar-refractivity contribution is -0.128. The SMILES string of the molecule is CCC#C[C@@H](O)[C@@H]1[C@H]2CC(CCCCC(=O)N(C)C)=C[C@H]2C[C@H]1O. The van der Waals surface area contributed by atoms with Crippen LogP contribution in [0, 0.1) is 29.6 Å². The molecule has 2 rings (SSSR count). The lowest BCUT2D eigenvalue weighted by Crippen LogP contribution is -2.31. The molecule has 1 amide bonds. The third kappa shape index (κ3) is 4.62. The quantitative estimate of drug-likeness (QED) is 0.446. The van der Waals surface area contributed by atoms with Gasteiger partial charge >= 0.3 is 0 Å². The first kappa shape index (κ1) is 19.0. The summed E-state index contributed by atoms with van der Waals surface area (Å²) in [4.78, 5) is 13.2. The van der Waals surface area contributed by atoms with Crippen LogP contribution in [0.1, 0.15) is 51.9 Å². The van der Waals surface area contributed by atoms with E-state index in [2.05, 4.69) is 17.9 Å². The molecule has 0 bridgehead atoms. The zero-order valence-corrected chi connectivity index (χ0v) is 15.2. The topological polar surface area (TPSA) is 60.8 Å². The predicted molar refractivity (Wildman–Crippen MR) is 95.0 cm³/mol. The Balaban J connectivity index is 1.82. The number of carbonyl (C=O) groups excluding carboxylic acids is 1. The van der Waals surface area contributed by atoms with Crippen LogP contribution < -0.4 is 0 Å². The van der Waals surface area contributed by atoms with Crippen LogP contribution in [0.5, 0.6) is 0 Å². The van der Waals surface area contributed by atoms with E-state index in [1.54, 1.807) is 19.0 Å². The number of allylic oxidation sites excluding steroid dienone is 2. The molecule has 0 aromatic rings. The highest BCUT2D eigenvalue weighted by molar-refractivity contribution is 5.75. The van der Waals surface area contributed by atoms with E-state index in [4.69, 9.17) is 0 Å². The summed E-state index contributed by atoms with van der Waals surface area (Å²) in [7, 11) is 3.59. The van der Waals surface area contributed by atoms with Gasteiger partial charge in [0.15, 0.2) is 0 Å². The monoisotopic (exact) mass is 333 g/mol. The number of rotatable bonds is 6. The Hall–Kier alpha value is -1.31. The lowest BCUT2D eigenvalue weighted by atomic mass is 9.85. The van der Waals surface area contributed by atoms with Crippen LogP contribution in [-0.2, 0) is 4.79 Å². The van der Waals surface area contributed by atoms with Gasteiger partial charge in [-0.2, -0.15) is 0 Å². The largest absolute Gasteiger partial charge is 0.393 e. The summed E-state index contributed by atoms with van der Waals surface area (Å²) < 4.78 is 0. The van der Waals surface area contributed by atoms with Crippen molar-refractivity contribution in [2.24, 2.45) is 17.8 Å². The summed E-state index contributed by atoms with van der Waals surface area (Å²) in [6.45, 7) is 1.96. The van der Waals surface area contributed by atoms with Crippen molar-refractivity contribution in [3.8, 4) is 11.8 Å². The van der Waals surface area contributed by atoms with Gasteiger partial charge < -0.3 is 15.1 Å². The van der Waals surface area contributed by atoms with Gasteiger partial charge in [0, 0.05) is 32.9 Å². The molecule has 0 unspecified atom stereocenters. The summed E-state index contributed by atoms with van der Waals surface area (Å²) >= 11 is 0. The number of amides is 1. The second-order valence-corrected chi connectivity index (χ2v) is 7.35. The maximum atomic E-state index is 11.6. The molecule has 0 radical (unpaired) electrons. The van der Waals surface area contributed by atoms with Crippen LogP contribution in [0.25, 0.3) is 0 Å². The van der Waals surface area contributed by atoms with Crippen molar-refractivity contribution in [2.45, 2.75) is 64.1 Å². The first-order valence-electron chi connectivity index (χ1n) is 9.18. The molecule has 2 aliphatic rings. The molecule has 24 heavy (non-hydrogen) atoms. The summed E-state index contributed by atoms with van der Waals surface area (Å²) in [6.07, 6.45) is 7.13. The van der Waals surface area contributed by atoms with Gasteiger partial charge in [-0.1, -0.05) is 24.5 Å². The highest BCUT2D eigenvalue weighted by Crippen LogP contribution is 2.48. The third-order valence-electron chi connectivity index (χ3n) is 5.38. The third-order valence-corrected chi connectivity index (χ3v) is 5.38. The Labute approximate surface area is 145 Å². The van der Waals surface area contributed by atoms with Crippen LogP contribution >= 0.6 is 0 Å². The molecule has 2 aliphatic carbocycles. The van der Waals surface area contributed by atoms with E-state index in [0.717, 1.165) is 38.5 Å². The number of aliphatic hydroxyl groups excluding tert-OH is 2. The van der Waals surface area contributed by atoms with Crippen LogP contribution in [0.15, 0.2) is 11.6 Å². The molecule has 5 atom stereocenters. The fraction of sp³-hybridized carbons (Fsp3) is 0.750. The minimum absolute atomic E-state index is 0.127. The Bertz CT molecular complexity index is 529. The molecule has 0 heterocycles. The number of unbranched alkanes of at least 4 members (excludes halogenated alkanes) is 1. The smallest absolute Gasteiger partial charge is 0.222 e. The molecular weight excluding hydrogens is 302 g/mol.